The maximum Gasteiger partial charge on any atom is 0.330 e. The summed E-state index contributed by atoms with van der Waals surface area (Å²) in [7, 11) is 1.36. The molecule has 28 heavy (non-hydrogen) atoms. The van der Waals surface area contributed by atoms with E-state index in [0.717, 1.165) is 23.0 Å². The van der Waals surface area contributed by atoms with E-state index in [0.29, 0.717) is 12.3 Å². The molecule has 0 saturated heterocycles. The van der Waals surface area contributed by atoms with Gasteiger partial charge in [0, 0.05) is 24.0 Å². The summed E-state index contributed by atoms with van der Waals surface area (Å²) in [5, 5.41) is 14.7. The van der Waals surface area contributed by atoms with Gasteiger partial charge in [0.1, 0.15) is 17.4 Å². The second kappa shape index (κ2) is 9.35. The van der Waals surface area contributed by atoms with Crippen LogP contribution in [0.4, 0.5) is 0 Å². The fraction of sp³-hybridized carbons (Fsp3) is 0.261. The van der Waals surface area contributed by atoms with E-state index < -0.39 is 6.10 Å². The van der Waals surface area contributed by atoms with Crippen LogP contribution in [-0.2, 0) is 16.0 Å². The molecular formula is C23H25NO4. The Labute approximate surface area is 164 Å². The predicted octanol–water partition coefficient (Wildman–Crippen LogP) is 3.87. The highest BCUT2D eigenvalue weighted by Gasteiger charge is 2.14. The van der Waals surface area contributed by atoms with E-state index in [1.165, 1.54) is 18.7 Å². The second-order valence-corrected chi connectivity index (χ2v) is 6.81. The predicted molar refractivity (Wildman–Crippen MR) is 110 cm³/mol. The summed E-state index contributed by atoms with van der Waals surface area (Å²) in [5.74, 6) is 0.201. The molecule has 3 rings (SSSR count). The number of carbonyl (C=O) groups is 1. The normalized spacial score (nSPS) is 13.7. The molecule has 0 amide bonds. The Kier molecular flexibility index (Phi) is 6.63. The van der Waals surface area contributed by atoms with E-state index >= 15 is 0 Å². The number of para-hydroxylation sites is 1. The number of rotatable bonds is 8. The van der Waals surface area contributed by atoms with E-state index in [1.54, 1.807) is 6.08 Å². The van der Waals surface area contributed by atoms with Crippen LogP contribution in [0.3, 0.4) is 0 Å². The van der Waals surface area contributed by atoms with Crippen LogP contribution in [0, 0.1) is 0 Å². The molecule has 3 aromatic rings. The van der Waals surface area contributed by atoms with Crippen LogP contribution in [0.25, 0.3) is 17.0 Å². The maximum atomic E-state index is 11.1. The zero-order valence-electron chi connectivity index (χ0n) is 16.1. The standard InChI is InChI=1S/C23H25NO4/c1-16(13-18-9-7-17(8-10-18)11-12-23(26)27-2)24-15-20(25)22-14-19-5-3-4-6-21(19)28-22/h3-12,14,16,20,24-25H,13,15H2,1-2H3/b12-11+. The van der Waals surface area contributed by atoms with Crippen LogP contribution in [0.5, 0.6) is 0 Å². The molecule has 5 nitrogen and oxygen atoms in total. The van der Waals surface area contributed by atoms with Gasteiger partial charge in [-0.2, -0.15) is 0 Å². The zero-order valence-corrected chi connectivity index (χ0v) is 16.1. The van der Waals surface area contributed by atoms with Gasteiger partial charge >= 0.3 is 5.97 Å². The minimum Gasteiger partial charge on any atom is -0.466 e. The highest BCUT2D eigenvalue weighted by Crippen LogP contribution is 2.23. The van der Waals surface area contributed by atoms with Crippen molar-refractivity contribution in [2.45, 2.75) is 25.5 Å². The number of hydrogen-bond acceptors (Lipinski definition) is 5. The first-order valence-corrected chi connectivity index (χ1v) is 9.30. The van der Waals surface area contributed by atoms with Crippen molar-refractivity contribution in [3.63, 3.8) is 0 Å². The molecule has 0 spiro atoms. The lowest BCUT2D eigenvalue weighted by molar-refractivity contribution is -0.134. The highest BCUT2D eigenvalue weighted by molar-refractivity contribution is 5.86. The minimum absolute atomic E-state index is 0.190. The van der Waals surface area contributed by atoms with Crippen molar-refractivity contribution in [2.24, 2.45) is 0 Å². The van der Waals surface area contributed by atoms with E-state index in [2.05, 4.69) is 17.0 Å². The average Bonchev–Trinajstić information content (AvgIpc) is 3.15. The third kappa shape index (κ3) is 5.31. The lowest BCUT2D eigenvalue weighted by Crippen LogP contribution is -2.31. The van der Waals surface area contributed by atoms with Crippen LogP contribution in [-0.4, -0.2) is 30.8 Å². The Morgan fingerprint density at radius 1 is 1.21 bits per heavy atom. The van der Waals surface area contributed by atoms with Crippen molar-refractivity contribution >= 4 is 23.0 Å². The van der Waals surface area contributed by atoms with Gasteiger partial charge < -0.3 is 19.6 Å². The molecule has 0 aliphatic rings. The first kappa shape index (κ1) is 19.9. The largest absolute Gasteiger partial charge is 0.466 e. The van der Waals surface area contributed by atoms with Gasteiger partial charge in [-0.15, -0.1) is 0 Å². The SMILES string of the molecule is COC(=O)/C=C/c1ccc(CC(C)NCC(O)c2cc3ccccc3o2)cc1. The molecule has 2 aromatic carbocycles. The summed E-state index contributed by atoms with van der Waals surface area (Å²) in [6.07, 6.45) is 3.26. The van der Waals surface area contributed by atoms with E-state index in [9.17, 15) is 9.90 Å². The number of ether oxygens (including phenoxy) is 1. The molecule has 1 aromatic heterocycles. The van der Waals surface area contributed by atoms with Gasteiger partial charge in [-0.05, 0) is 42.7 Å². The molecule has 0 aliphatic carbocycles. The molecule has 0 radical (unpaired) electrons. The van der Waals surface area contributed by atoms with Gasteiger partial charge in [0.25, 0.3) is 0 Å². The summed E-state index contributed by atoms with van der Waals surface area (Å²) in [6, 6.07) is 17.8. The number of hydrogen-bond donors (Lipinski definition) is 2. The van der Waals surface area contributed by atoms with Gasteiger partial charge in [0.05, 0.1) is 7.11 Å². The van der Waals surface area contributed by atoms with Crippen LogP contribution in [0.1, 0.15) is 29.9 Å². The van der Waals surface area contributed by atoms with E-state index in [4.69, 9.17) is 4.42 Å². The fourth-order valence-electron chi connectivity index (χ4n) is 3.00. The molecule has 2 atom stereocenters. The number of aliphatic hydroxyl groups is 1. The quantitative estimate of drug-likeness (QED) is 0.459. The van der Waals surface area contributed by atoms with Crippen LogP contribution in [0.15, 0.2) is 65.1 Å². The summed E-state index contributed by atoms with van der Waals surface area (Å²) in [6.45, 7) is 2.50. The van der Waals surface area contributed by atoms with Gasteiger partial charge in [-0.25, -0.2) is 4.79 Å². The number of nitrogens with one attached hydrogen (secondary N) is 1. The number of esters is 1. The first-order chi connectivity index (χ1) is 13.5. The molecular weight excluding hydrogens is 354 g/mol. The second-order valence-electron chi connectivity index (χ2n) is 6.81. The molecule has 0 bridgehead atoms. The lowest BCUT2D eigenvalue weighted by atomic mass is 10.0. The Hall–Kier alpha value is -2.89. The Balaban J connectivity index is 1.50. The molecule has 5 heteroatoms. The summed E-state index contributed by atoms with van der Waals surface area (Å²) in [5.41, 5.74) is 2.90. The zero-order chi connectivity index (χ0) is 19.9. The molecule has 0 fully saturated rings. The molecule has 146 valence electrons. The van der Waals surface area contributed by atoms with Crippen molar-refractivity contribution < 1.29 is 19.1 Å². The van der Waals surface area contributed by atoms with Gasteiger partial charge in [0.15, 0.2) is 0 Å². The van der Waals surface area contributed by atoms with Gasteiger partial charge in [0.2, 0.25) is 0 Å². The smallest absolute Gasteiger partial charge is 0.330 e. The van der Waals surface area contributed by atoms with Crippen molar-refractivity contribution in [2.75, 3.05) is 13.7 Å². The van der Waals surface area contributed by atoms with Crippen molar-refractivity contribution in [1.29, 1.82) is 0 Å². The summed E-state index contributed by atoms with van der Waals surface area (Å²) in [4.78, 5) is 11.1. The fourth-order valence-corrected chi connectivity index (χ4v) is 3.00. The highest BCUT2D eigenvalue weighted by atomic mass is 16.5. The number of fused-ring (bicyclic) bond motifs is 1. The van der Waals surface area contributed by atoms with Crippen molar-refractivity contribution in [3.8, 4) is 0 Å². The topological polar surface area (TPSA) is 71.7 Å². The monoisotopic (exact) mass is 379 g/mol. The molecule has 2 unspecified atom stereocenters. The van der Waals surface area contributed by atoms with E-state index in [-0.39, 0.29) is 12.0 Å². The van der Waals surface area contributed by atoms with Crippen molar-refractivity contribution in [1.82, 2.24) is 5.32 Å². The number of carbonyl (C=O) groups excluding carboxylic acids is 1. The van der Waals surface area contributed by atoms with Gasteiger partial charge in [-0.3, -0.25) is 0 Å². The molecule has 1 heterocycles. The third-order valence-electron chi connectivity index (χ3n) is 4.57. The van der Waals surface area contributed by atoms with Crippen molar-refractivity contribution in [3.05, 3.63) is 77.6 Å². The first-order valence-electron chi connectivity index (χ1n) is 9.30. The number of benzene rings is 2. The summed E-state index contributed by atoms with van der Waals surface area (Å²) >= 11 is 0. The molecule has 0 aliphatic heterocycles. The van der Waals surface area contributed by atoms with Crippen LogP contribution >= 0.6 is 0 Å². The van der Waals surface area contributed by atoms with E-state index in [1.807, 2.05) is 54.6 Å². The Morgan fingerprint density at radius 3 is 2.68 bits per heavy atom. The van der Waals surface area contributed by atoms with Gasteiger partial charge in [-0.1, -0.05) is 42.5 Å². The summed E-state index contributed by atoms with van der Waals surface area (Å²) < 4.78 is 10.3. The Morgan fingerprint density at radius 2 is 1.96 bits per heavy atom. The lowest BCUT2D eigenvalue weighted by Gasteiger charge is -2.16. The maximum absolute atomic E-state index is 11.1. The average molecular weight is 379 g/mol. The molecule has 0 saturated carbocycles. The van der Waals surface area contributed by atoms with Crippen LogP contribution in [0.2, 0.25) is 0 Å². The third-order valence-corrected chi connectivity index (χ3v) is 4.57. The molecule has 2 N–H and O–H groups in total. The number of furan rings is 1. The Bertz CT molecular complexity index is 910. The number of aliphatic hydroxyl groups excluding tert-OH is 1. The van der Waals surface area contributed by atoms with Crippen LogP contribution < -0.4 is 5.32 Å². The minimum atomic E-state index is -0.694. The number of methoxy groups -OCH3 is 1.